The highest BCUT2D eigenvalue weighted by molar-refractivity contribution is 14.1. The number of nitrogens with zero attached hydrogens (tertiary/aromatic N) is 1. The first-order valence-corrected chi connectivity index (χ1v) is 7.87. The average Bonchev–Trinajstić information content (AvgIpc) is 2.33. The maximum atomic E-state index is 12.5. The van der Waals surface area contributed by atoms with Gasteiger partial charge in [0.25, 0.3) is 0 Å². The molecule has 0 aliphatic carbocycles. The number of amides is 2. The van der Waals surface area contributed by atoms with Gasteiger partial charge < -0.3 is 5.32 Å². The van der Waals surface area contributed by atoms with Gasteiger partial charge >= 0.3 is 0 Å². The molecule has 1 fully saturated rings. The maximum absolute atomic E-state index is 12.5. The van der Waals surface area contributed by atoms with Crippen molar-refractivity contribution in [1.82, 2.24) is 5.32 Å². The fourth-order valence-electron chi connectivity index (χ4n) is 2.37. The Morgan fingerprint density at radius 3 is 2.55 bits per heavy atom. The molecule has 1 aliphatic heterocycles. The van der Waals surface area contributed by atoms with E-state index in [-0.39, 0.29) is 17.7 Å². The molecule has 0 bridgehead atoms. The summed E-state index contributed by atoms with van der Waals surface area (Å²) < 4.78 is 0.857. The predicted molar refractivity (Wildman–Crippen MR) is 87.9 cm³/mol. The van der Waals surface area contributed by atoms with Crippen LogP contribution in [-0.4, -0.2) is 23.9 Å². The van der Waals surface area contributed by atoms with E-state index in [1.165, 1.54) is 0 Å². The number of piperazine rings is 1. The standard InChI is InChI=1S/C14H16ClIN2O2/c1-7(2)12-13(19)17-8(3)14(20)18(12)11-5-4-9(15)6-10(11)16/h4-8,12H,1-3H3,(H,17,19). The van der Waals surface area contributed by atoms with Crippen LogP contribution >= 0.6 is 34.2 Å². The fraction of sp³-hybridized carbons (Fsp3) is 0.429. The Kier molecular flexibility index (Phi) is 4.59. The van der Waals surface area contributed by atoms with Gasteiger partial charge in [-0.1, -0.05) is 25.4 Å². The van der Waals surface area contributed by atoms with E-state index in [4.69, 9.17) is 11.6 Å². The Hall–Kier alpha value is -0.820. The van der Waals surface area contributed by atoms with Crippen molar-refractivity contribution in [2.75, 3.05) is 4.90 Å². The van der Waals surface area contributed by atoms with Gasteiger partial charge in [-0.2, -0.15) is 0 Å². The molecule has 2 atom stereocenters. The summed E-state index contributed by atoms with van der Waals surface area (Å²) in [6.07, 6.45) is 0. The largest absolute Gasteiger partial charge is 0.343 e. The molecule has 0 saturated carbocycles. The summed E-state index contributed by atoms with van der Waals surface area (Å²) in [4.78, 5) is 26.3. The van der Waals surface area contributed by atoms with Crippen molar-refractivity contribution in [3.8, 4) is 0 Å². The molecule has 1 N–H and O–H groups in total. The third-order valence-corrected chi connectivity index (χ3v) is 4.41. The molecule has 0 aromatic heterocycles. The molecule has 2 unspecified atom stereocenters. The maximum Gasteiger partial charge on any atom is 0.250 e. The van der Waals surface area contributed by atoms with Crippen LogP contribution in [0.3, 0.4) is 0 Å². The topological polar surface area (TPSA) is 49.4 Å². The van der Waals surface area contributed by atoms with E-state index < -0.39 is 12.1 Å². The van der Waals surface area contributed by atoms with E-state index in [2.05, 4.69) is 27.9 Å². The highest BCUT2D eigenvalue weighted by atomic mass is 127. The molecule has 20 heavy (non-hydrogen) atoms. The third-order valence-electron chi connectivity index (χ3n) is 3.31. The summed E-state index contributed by atoms with van der Waals surface area (Å²) in [6, 6.07) is 4.32. The summed E-state index contributed by atoms with van der Waals surface area (Å²) in [6.45, 7) is 5.57. The minimum Gasteiger partial charge on any atom is -0.343 e. The molecule has 1 aromatic carbocycles. The Bertz CT molecular complexity index is 562. The molecule has 1 heterocycles. The van der Waals surface area contributed by atoms with E-state index in [1.54, 1.807) is 30.0 Å². The Morgan fingerprint density at radius 1 is 1.35 bits per heavy atom. The van der Waals surface area contributed by atoms with E-state index in [1.807, 2.05) is 13.8 Å². The number of carbonyl (C=O) groups excluding carboxylic acids is 2. The summed E-state index contributed by atoms with van der Waals surface area (Å²) in [5.74, 6) is -0.181. The third kappa shape index (κ3) is 2.79. The van der Waals surface area contributed by atoms with Crippen LogP contribution in [0.25, 0.3) is 0 Å². The molecule has 0 spiro atoms. The average molecular weight is 407 g/mol. The summed E-state index contributed by atoms with van der Waals surface area (Å²) in [7, 11) is 0. The first-order chi connectivity index (χ1) is 9.32. The van der Waals surface area contributed by atoms with Crippen molar-refractivity contribution >= 4 is 51.7 Å². The molecule has 1 saturated heterocycles. The summed E-state index contributed by atoms with van der Waals surface area (Å²) in [5, 5.41) is 3.34. The number of benzene rings is 1. The minimum absolute atomic E-state index is 0.0259. The van der Waals surface area contributed by atoms with Gasteiger partial charge in [-0.05, 0) is 53.6 Å². The van der Waals surface area contributed by atoms with Crippen molar-refractivity contribution in [3.63, 3.8) is 0 Å². The predicted octanol–water partition coefficient (Wildman–Crippen LogP) is 2.82. The molecule has 108 valence electrons. The first kappa shape index (κ1) is 15.6. The van der Waals surface area contributed by atoms with Gasteiger partial charge in [-0.25, -0.2) is 0 Å². The van der Waals surface area contributed by atoms with Gasteiger partial charge in [-0.15, -0.1) is 0 Å². The van der Waals surface area contributed by atoms with Crippen molar-refractivity contribution in [2.24, 2.45) is 5.92 Å². The summed E-state index contributed by atoms with van der Waals surface area (Å²) in [5.41, 5.74) is 0.736. The Morgan fingerprint density at radius 2 is 2.00 bits per heavy atom. The molecule has 4 nitrogen and oxygen atoms in total. The minimum atomic E-state index is -0.510. The van der Waals surface area contributed by atoms with Gasteiger partial charge in [0.1, 0.15) is 12.1 Å². The molecule has 2 amide bonds. The Balaban J connectivity index is 2.52. The number of nitrogens with one attached hydrogen (secondary N) is 1. The molecule has 0 radical (unpaired) electrons. The van der Waals surface area contributed by atoms with Crippen molar-refractivity contribution in [3.05, 3.63) is 26.8 Å². The molecule has 1 aliphatic rings. The van der Waals surface area contributed by atoms with E-state index >= 15 is 0 Å². The monoisotopic (exact) mass is 406 g/mol. The van der Waals surface area contributed by atoms with Crippen LogP contribution in [0.5, 0.6) is 0 Å². The number of rotatable bonds is 2. The number of halogens is 2. The first-order valence-electron chi connectivity index (χ1n) is 6.41. The van der Waals surface area contributed by atoms with Crippen molar-refractivity contribution in [1.29, 1.82) is 0 Å². The van der Waals surface area contributed by atoms with E-state index in [0.717, 1.165) is 9.26 Å². The zero-order valence-electron chi connectivity index (χ0n) is 11.5. The quantitative estimate of drug-likeness (QED) is 0.768. The van der Waals surface area contributed by atoms with Crippen LogP contribution < -0.4 is 10.2 Å². The highest BCUT2D eigenvalue weighted by Crippen LogP contribution is 2.31. The van der Waals surface area contributed by atoms with Crippen LogP contribution in [0.2, 0.25) is 5.02 Å². The van der Waals surface area contributed by atoms with Crippen LogP contribution in [0.1, 0.15) is 20.8 Å². The molecular weight excluding hydrogens is 391 g/mol. The molecule has 2 rings (SSSR count). The van der Waals surface area contributed by atoms with Crippen LogP contribution in [0.4, 0.5) is 5.69 Å². The lowest BCUT2D eigenvalue weighted by molar-refractivity contribution is -0.134. The van der Waals surface area contributed by atoms with Crippen LogP contribution in [0.15, 0.2) is 18.2 Å². The van der Waals surface area contributed by atoms with Crippen LogP contribution in [0, 0.1) is 9.49 Å². The second kappa shape index (κ2) is 5.89. The van der Waals surface area contributed by atoms with Gasteiger partial charge in [-0.3, -0.25) is 14.5 Å². The lowest BCUT2D eigenvalue weighted by Gasteiger charge is -2.40. The lowest BCUT2D eigenvalue weighted by Crippen LogP contribution is -2.64. The molecule has 1 aromatic rings. The van der Waals surface area contributed by atoms with E-state index in [0.29, 0.717) is 5.02 Å². The Labute approximate surface area is 137 Å². The molecular formula is C14H16ClIN2O2. The number of hydrogen-bond acceptors (Lipinski definition) is 2. The van der Waals surface area contributed by atoms with Gasteiger partial charge in [0.15, 0.2) is 0 Å². The molecule has 6 heteroatoms. The van der Waals surface area contributed by atoms with E-state index in [9.17, 15) is 9.59 Å². The van der Waals surface area contributed by atoms with Gasteiger partial charge in [0, 0.05) is 8.59 Å². The summed E-state index contributed by atoms with van der Waals surface area (Å²) >= 11 is 8.10. The number of hydrogen-bond donors (Lipinski definition) is 1. The normalized spacial score (nSPS) is 23.2. The zero-order chi connectivity index (χ0) is 15.0. The number of anilines is 1. The SMILES string of the molecule is CC1NC(=O)C(C(C)C)N(c2ccc(Cl)cc2I)C1=O. The highest BCUT2D eigenvalue weighted by Gasteiger charge is 2.41. The van der Waals surface area contributed by atoms with Crippen molar-refractivity contribution in [2.45, 2.75) is 32.9 Å². The number of carbonyl (C=O) groups is 2. The fourth-order valence-corrected chi connectivity index (χ4v) is 3.50. The second-order valence-corrected chi connectivity index (χ2v) is 6.82. The second-order valence-electron chi connectivity index (χ2n) is 5.22. The van der Waals surface area contributed by atoms with Gasteiger partial charge in [0.2, 0.25) is 11.8 Å². The lowest BCUT2D eigenvalue weighted by atomic mass is 9.96. The smallest absolute Gasteiger partial charge is 0.250 e. The van der Waals surface area contributed by atoms with Gasteiger partial charge in [0.05, 0.1) is 5.69 Å². The van der Waals surface area contributed by atoms with Crippen LogP contribution in [-0.2, 0) is 9.59 Å². The zero-order valence-corrected chi connectivity index (χ0v) is 14.4. The van der Waals surface area contributed by atoms with Crippen molar-refractivity contribution < 1.29 is 9.59 Å².